The lowest BCUT2D eigenvalue weighted by Gasteiger charge is -2.24. The van der Waals surface area contributed by atoms with Gasteiger partial charge in [0.2, 0.25) is 0 Å². The van der Waals surface area contributed by atoms with Crippen molar-refractivity contribution in [3.8, 4) is 5.75 Å². The van der Waals surface area contributed by atoms with Crippen molar-refractivity contribution >= 4 is 28.3 Å². The molecular formula is C26H27F3N2O4. The molecule has 0 bridgehead atoms. The minimum Gasteiger partial charge on any atom is -0.487 e. The van der Waals surface area contributed by atoms with Crippen LogP contribution in [0.5, 0.6) is 5.75 Å². The molecule has 3 aromatic carbocycles. The lowest BCUT2D eigenvalue weighted by molar-refractivity contribution is -0.140. The van der Waals surface area contributed by atoms with Crippen molar-refractivity contribution in [1.29, 1.82) is 0 Å². The molecule has 0 radical (unpaired) electrons. The molecule has 0 saturated carbocycles. The Hall–Kier alpha value is -3.75. The zero-order chi connectivity index (χ0) is 26.0. The molecule has 9 heteroatoms. The highest BCUT2D eigenvalue weighted by Crippen LogP contribution is 2.33. The highest BCUT2D eigenvalue weighted by Gasteiger charge is 2.30. The van der Waals surface area contributed by atoms with E-state index < -0.39 is 29.7 Å². The van der Waals surface area contributed by atoms with Gasteiger partial charge in [0.25, 0.3) is 5.91 Å². The fourth-order valence-electron chi connectivity index (χ4n) is 3.65. The monoisotopic (exact) mass is 488 g/mol. The molecule has 0 aliphatic rings. The molecule has 0 aliphatic heterocycles. The second kappa shape index (κ2) is 9.85. The predicted octanol–water partition coefficient (Wildman–Crippen LogP) is 5.64. The average molecular weight is 489 g/mol. The Morgan fingerprint density at radius 2 is 1.69 bits per heavy atom. The third-order valence-electron chi connectivity index (χ3n) is 5.32. The Balaban J connectivity index is 1.94. The Morgan fingerprint density at radius 1 is 1.03 bits per heavy atom. The first-order chi connectivity index (χ1) is 16.2. The number of carboxylic acids is 1. The SMILES string of the molecule is CC(C)(C)C[C@H](NC(=O)c1ccc2cc(N)ccc2c1OCc1ccc(C(F)(F)F)cc1)C(=O)O. The summed E-state index contributed by atoms with van der Waals surface area (Å²) >= 11 is 0. The maximum atomic E-state index is 13.1. The predicted molar refractivity (Wildman–Crippen MR) is 127 cm³/mol. The van der Waals surface area contributed by atoms with Crippen LogP contribution in [0.1, 0.15) is 48.7 Å². The number of halogens is 3. The van der Waals surface area contributed by atoms with Crippen LogP contribution in [0.4, 0.5) is 18.9 Å². The summed E-state index contributed by atoms with van der Waals surface area (Å²) in [5.74, 6) is -1.61. The number of carboxylic acid groups (broad SMARTS) is 1. The summed E-state index contributed by atoms with van der Waals surface area (Å²) in [6.45, 7) is 5.50. The van der Waals surface area contributed by atoms with Gasteiger partial charge in [-0.2, -0.15) is 13.2 Å². The van der Waals surface area contributed by atoms with Crippen LogP contribution in [-0.2, 0) is 17.6 Å². The van der Waals surface area contributed by atoms with Gasteiger partial charge in [0.15, 0.2) is 0 Å². The summed E-state index contributed by atoms with van der Waals surface area (Å²) in [5, 5.41) is 13.4. The van der Waals surface area contributed by atoms with Crippen LogP contribution in [0.3, 0.4) is 0 Å². The van der Waals surface area contributed by atoms with E-state index in [0.717, 1.165) is 12.1 Å². The molecule has 3 aromatic rings. The van der Waals surface area contributed by atoms with Gasteiger partial charge in [0, 0.05) is 11.1 Å². The van der Waals surface area contributed by atoms with Crippen LogP contribution in [0.15, 0.2) is 54.6 Å². The Labute approximate surface area is 200 Å². The summed E-state index contributed by atoms with van der Waals surface area (Å²) in [6, 6.07) is 11.6. The van der Waals surface area contributed by atoms with E-state index in [4.69, 9.17) is 10.5 Å². The van der Waals surface area contributed by atoms with Crippen molar-refractivity contribution < 1.29 is 32.6 Å². The van der Waals surface area contributed by atoms with E-state index in [9.17, 15) is 27.9 Å². The first kappa shape index (κ1) is 25.9. The smallest absolute Gasteiger partial charge is 0.416 e. The Bertz CT molecular complexity index is 1230. The number of fused-ring (bicyclic) bond motifs is 1. The number of hydrogen-bond acceptors (Lipinski definition) is 4. The number of hydrogen-bond donors (Lipinski definition) is 3. The molecule has 0 fully saturated rings. The molecule has 0 spiro atoms. The van der Waals surface area contributed by atoms with Gasteiger partial charge >= 0.3 is 12.1 Å². The molecule has 0 saturated heterocycles. The fourth-order valence-corrected chi connectivity index (χ4v) is 3.65. The fraction of sp³-hybridized carbons (Fsp3) is 0.308. The maximum absolute atomic E-state index is 13.1. The Morgan fingerprint density at radius 3 is 2.26 bits per heavy atom. The van der Waals surface area contributed by atoms with Gasteiger partial charge < -0.3 is 20.9 Å². The number of alkyl halides is 3. The molecule has 3 rings (SSSR count). The Kier molecular flexibility index (Phi) is 7.28. The van der Waals surface area contributed by atoms with E-state index in [1.807, 2.05) is 20.8 Å². The summed E-state index contributed by atoms with van der Waals surface area (Å²) in [6.07, 6.45) is -4.24. The highest BCUT2D eigenvalue weighted by atomic mass is 19.4. The molecule has 0 unspecified atom stereocenters. The second-order valence-electron chi connectivity index (χ2n) is 9.54. The number of amides is 1. The number of ether oxygens (including phenoxy) is 1. The minimum absolute atomic E-state index is 0.105. The van der Waals surface area contributed by atoms with Gasteiger partial charge in [-0.05, 0) is 59.2 Å². The number of carbonyl (C=O) groups excluding carboxylic acids is 1. The molecule has 0 heterocycles. The molecular weight excluding hydrogens is 461 g/mol. The number of anilines is 1. The van der Waals surface area contributed by atoms with Crippen LogP contribution >= 0.6 is 0 Å². The number of benzene rings is 3. The van der Waals surface area contributed by atoms with Crippen LogP contribution in [0.25, 0.3) is 10.8 Å². The van der Waals surface area contributed by atoms with Crippen molar-refractivity contribution in [2.24, 2.45) is 5.41 Å². The zero-order valence-electron chi connectivity index (χ0n) is 19.6. The van der Waals surface area contributed by atoms with E-state index >= 15 is 0 Å². The molecule has 186 valence electrons. The van der Waals surface area contributed by atoms with Crippen LogP contribution < -0.4 is 15.8 Å². The summed E-state index contributed by atoms with van der Waals surface area (Å²) < 4.78 is 44.5. The molecule has 0 aliphatic carbocycles. The first-order valence-electron chi connectivity index (χ1n) is 10.9. The molecule has 0 aromatic heterocycles. The van der Waals surface area contributed by atoms with Gasteiger partial charge in [0.05, 0.1) is 11.1 Å². The summed E-state index contributed by atoms with van der Waals surface area (Å²) in [4.78, 5) is 24.9. The quantitative estimate of drug-likeness (QED) is 0.374. The number of aliphatic carboxylic acids is 1. The van der Waals surface area contributed by atoms with Crippen LogP contribution in [0, 0.1) is 5.41 Å². The normalized spacial score (nSPS) is 12.9. The van der Waals surface area contributed by atoms with Crippen LogP contribution in [-0.4, -0.2) is 23.0 Å². The van der Waals surface area contributed by atoms with Gasteiger partial charge in [-0.15, -0.1) is 0 Å². The number of nitrogens with two attached hydrogens (primary N) is 1. The average Bonchev–Trinajstić information content (AvgIpc) is 2.75. The number of nitrogens with one attached hydrogen (secondary N) is 1. The van der Waals surface area contributed by atoms with E-state index in [2.05, 4.69) is 5.32 Å². The number of rotatable bonds is 7. The van der Waals surface area contributed by atoms with Gasteiger partial charge in [-0.1, -0.05) is 39.0 Å². The molecule has 35 heavy (non-hydrogen) atoms. The second-order valence-corrected chi connectivity index (χ2v) is 9.54. The van der Waals surface area contributed by atoms with Crippen LogP contribution in [0.2, 0.25) is 0 Å². The van der Waals surface area contributed by atoms with Gasteiger partial charge in [0.1, 0.15) is 18.4 Å². The molecule has 1 atom stereocenters. The number of carbonyl (C=O) groups is 2. The van der Waals surface area contributed by atoms with E-state index in [-0.39, 0.29) is 29.8 Å². The summed E-state index contributed by atoms with van der Waals surface area (Å²) in [5.41, 5.74) is 5.81. The minimum atomic E-state index is -4.45. The van der Waals surface area contributed by atoms with Crippen molar-refractivity contribution in [2.45, 2.75) is 46.0 Å². The van der Waals surface area contributed by atoms with Crippen molar-refractivity contribution in [3.05, 3.63) is 71.3 Å². The highest BCUT2D eigenvalue weighted by molar-refractivity contribution is 6.05. The largest absolute Gasteiger partial charge is 0.487 e. The molecule has 1 amide bonds. The molecule has 4 N–H and O–H groups in total. The third-order valence-corrected chi connectivity index (χ3v) is 5.32. The maximum Gasteiger partial charge on any atom is 0.416 e. The van der Waals surface area contributed by atoms with E-state index in [0.29, 0.717) is 22.0 Å². The van der Waals surface area contributed by atoms with Crippen molar-refractivity contribution in [1.82, 2.24) is 5.32 Å². The van der Waals surface area contributed by atoms with Gasteiger partial charge in [-0.3, -0.25) is 4.79 Å². The van der Waals surface area contributed by atoms with Crippen molar-refractivity contribution in [2.75, 3.05) is 5.73 Å². The zero-order valence-corrected chi connectivity index (χ0v) is 19.6. The van der Waals surface area contributed by atoms with Crippen molar-refractivity contribution in [3.63, 3.8) is 0 Å². The third kappa shape index (κ3) is 6.65. The number of nitrogen functional groups attached to an aromatic ring is 1. The molecule has 6 nitrogen and oxygen atoms in total. The van der Waals surface area contributed by atoms with Gasteiger partial charge in [-0.25, -0.2) is 4.79 Å². The van der Waals surface area contributed by atoms with E-state index in [1.54, 1.807) is 24.3 Å². The first-order valence-corrected chi connectivity index (χ1v) is 10.9. The topological polar surface area (TPSA) is 102 Å². The lowest BCUT2D eigenvalue weighted by Crippen LogP contribution is -2.43. The lowest BCUT2D eigenvalue weighted by atomic mass is 9.88. The standard InChI is InChI=1S/C26H27F3N2O4/c1-25(2,3)13-21(24(33)34)31-23(32)20-10-6-16-12-18(30)9-11-19(16)22(20)35-14-15-4-7-17(8-5-15)26(27,28)29/h4-12,21H,13-14,30H2,1-3H3,(H,31,32)(H,33,34)/t21-/m0/s1. The summed E-state index contributed by atoms with van der Waals surface area (Å²) in [7, 11) is 0. The van der Waals surface area contributed by atoms with E-state index in [1.165, 1.54) is 18.2 Å².